The van der Waals surface area contributed by atoms with E-state index in [1.807, 2.05) is 18.7 Å². The normalized spacial score (nSPS) is 20.2. The van der Waals surface area contributed by atoms with Crippen molar-refractivity contribution in [2.24, 2.45) is 11.7 Å². The van der Waals surface area contributed by atoms with Gasteiger partial charge in [0.1, 0.15) is 0 Å². The molecule has 1 aliphatic heterocycles. The summed E-state index contributed by atoms with van der Waals surface area (Å²) >= 11 is 0. The number of nitrogens with zero attached hydrogens (tertiary/aromatic N) is 2. The van der Waals surface area contributed by atoms with Crippen LogP contribution in [0.1, 0.15) is 27.2 Å². The standard InChI is InChI=1S/C12H25N3O/c1-4-5-14-6-8-15(9-7-14)12(16)11(13)10(2)3/h10-11H,4-9,13H2,1-3H3. The van der Waals surface area contributed by atoms with Crippen molar-refractivity contribution in [2.45, 2.75) is 33.2 Å². The smallest absolute Gasteiger partial charge is 0.239 e. The summed E-state index contributed by atoms with van der Waals surface area (Å²) in [5.41, 5.74) is 5.88. The Morgan fingerprint density at radius 2 is 1.81 bits per heavy atom. The average molecular weight is 227 g/mol. The highest BCUT2D eigenvalue weighted by Crippen LogP contribution is 2.07. The molecule has 1 rings (SSSR count). The Bertz CT molecular complexity index is 222. The van der Waals surface area contributed by atoms with E-state index in [-0.39, 0.29) is 17.9 Å². The number of hydrogen-bond acceptors (Lipinski definition) is 3. The van der Waals surface area contributed by atoms with Crippen molar-refractivity contribution in [3.05, 3.63) is 0 Å². The lowest BCUT2D eigenvalue weighted by molar-refractivity contribution is -0.135. The highest BCUT2D eigenvalue weighted by atomic mass is 16.2. The summed E-state index contributed by atoms with van der Waals surface area (Å²) in [5, 5.41) is 0. The van der Waals surface area contributed by atoms with Crippen LogP contribution < -0.4 is 5.73 Å². The van der Waals surface area contributed by atoms with Gasteiger partial charge in [0.2, 0.25) is 5.91 Å². The Hall–Kier alpha value is -0.610. The molecule has 1 atom stereocenters. The Morgan fingerprint density at radius 1 is 1.25 bits per heavy atom. The zero-order chi connectivity index (χ0) is 12.1. The molecular formula is C12H25N3O. The molecule has 0 aromatic rings. The second-order valence-corrected chi connectivity index (χ2v) is 4.94. The summed E-state index contributed by atoms with van der Waals surface area (Å²) in [5.74, 6) is 0.340. The molecule has 1 saturated heterocycles. The van der Waals surface area contributed by atoms with Crippen molar-refractivity contribution in [1.29, 1.82) is 0 Å². The fraction of sp³-hybridized carbons (Fsp3) is 0.917. The van der Waals surface area contributed by atoms with Crippen LogP contribution in [0.2, 0.25) is 0 Å². The SMILES string of the molecule is CCCN1CCN(C(=O)C(N)C(C)C)CC1. The van der Waals surface area contributed by atoms with Gasteiger partial charge in [0, 0.05) is 26.2 Å². The van der Waals surface area contributed by atoms with Crippen molar-refractivity contribution >= 4 is 5.91 Å². The molecule has 0 bridgehead atoms. The third kappa shape index (κ3) is 3.46. The predicted octanol–water partition coefficient (Wildman–Crippen LogP) is 0.524. The minimum Gasteiger partial charge on any atom is -0.339 e. The fourth-order valence-electron chi connectivity index (χ4n) is 2.00. The highest BCUT2D eigenvalue weighted by molar-refractivity contribution is 5.82. The van der Waals surface area contributed by atoms with Crippen molar-refractivity contribution in [2.75, 3.05) is 32.7 Å². The summed E-state index contributed by atoms with van der Waals surface area (Å²) < 4.78 is 0. The van der Waals surface area contributed by atoms with E-state index in [0.29, 0.717) is 0 Å². The fourth-order valence-corrected chi connectivity index (χ4v) is 2.00. The Balaban J connectivity index is 2.38. The first kappa shape index (κ1) is 13.5. The van der Waals surface area contributed by atoms with Crippen LogP contribution in [0.25, 0.3) is 0 Å². The molecular weight excluding hydrogens is 202 g/mol. The lowest BCUT2D eigenvalue weighted by Crippen LogP contribution is -2.54. The summed E-state index contributed by atoms with van der Waals surface area (Å²) in [4.78, 5) is 16.3. The third-order valence-electron chi connectivity index (χ3n) is 3.23. The second kappa shape index (κ2) is 6.21. The highest BCUT2D eigenvalue weighted by Gasteiger charge is 2.26. The van der Waals surface area contributed by atoms with E-state index in [1.54, 1.807) is 0 Å². The molecule has 0 aromatic heterocycles. The predicted molar refractivity (Wildman–Crippen MR) is 66.1 cm³/mol. The van der Waals surface area contributed by atoms with Gasteiger partial charge in [-0.2, -0.15) is 0 Å². The maximum absolute atomic E-state index is 12.0. The Kier molecular flexibility index (Phi) is 5.22. The quantitative estimate of drug-likeness (QED) is 0.762. The van der Waals surface area contributed by atoms with Gasteiger partial charge in [0.25, 0.3) is 0 Å². The van der Waals surface area contributed by atoms with Gasteiger partial charge < -0.3 is 10.6 Å². The average Bonchev–Trinajstić information content (AvgIpc) is 2.28. The second-order valence-electron chi connectivity index (χ2n) is 4.94. The van der Waals surface area contributed by atoms with E-state index in [9.17, 15) is 4.79 Å². The number of amides is 1. The first-order chi connectivity index (χ1) is 7.56. The molecule has 0 aromatic carbocycles. The lowest BCUT2D eigenvalue weighted by Gasteiger charge is -2.36. The zero-order valence-corrected chi connectivity index (χ0v) is 10.8. The van der Waals surface area contributed by atoms with Crippen LogP contribution >= 0.6 is 0 Å². The monoisotopic (exact) mass is 227 g/mol. The molecule has 0 aliphatic carbocycles. The molecule has 0 saturated carbocycles. The van der Waals surface area contributed by atoms with E-state index < -0.39 is 0 Å². The Morgan fingerprint density at radius 3 is 2.25 bits per heavy atom. The van der Waals surface area contributed by atoms with Gasteiger partial charge in [0.15, 0.2) is 0 Å². The van der Waals surface area contributed by atoms with E-state index >= 15 is 0 Å². The number of piperazine rings is 1. The van der Waals surface area contributed by atoms with Crippen LogP contribution in [-0.2, 0) is 4.79 Å². The van der Waals surface area contributed by atoms with Gasteiger partial charge >= 0.3 is 0 Å². The molecule has 2 N–H and O–H groups in total. The van der Waals surface area contributed by atoms with Crippen LogP contribution in [0, 0.1) is 5.92 Å². The summed E-state index contributed by atoms with van der Waals surface area (Å²) in [6.07, 6.45) is 1.18. The van der Waals surface area contributed by atoms with E-state index in [1.165, 1.54) is 6.42 Å². The third-order valence-corrected chi connectivity index (χ3v) is 3.23. The molecule has 94 valence electrons. The van der Waals surface area contributed by atoms with Crippen LogP contribution in [0.5, 0.6) is 0 Å². The summed E-state index contributed by atoms with van der Waals surface area (Å²) in [7, 11) is 0. The van der Waals surface area contributed by atoms with Gasteiger partial charge in [-0.25, -0.2) is 0 Å². The maximum Gasteiger partial charge on any atom is 0.239 e. The van der Waals surface area contributed by atoms with Crippen molar-refractivity contribution < 1.29 is 4.79 Å². The summed E-state index contributed by atoms with van der Waals surface area (Å²) in [6, 6.07) is -0.335. The zero-order valence-electron chi connectivity index (χ0n) is 10.8. The maximum atomic E-state index is 12.0. The number of carbonyl (C=O) groups excluding carboxylic acids is 1. The van der Waals surface area contributed by atoms with Crippen LogP contribution in [0.4, 0.5) is 0 Å². The number of carbonyl (C=O) groups is 1. The van der Waals surface area contributed by atoms with Gasteiger partial charge in [-0.3, -0.25) is 9.69 Å². The minimum absolute atomic E-state index is 0.117. The van der Waals surface area contributed by atoms with Crippen molar-refractivity contribution in [3.8, 4) is 0 Å². The van der Waals surface area contributed by atoms with Gasteiger partial charge in [-0.05, 0) is 18.9 Å². The molecule has 1 aliphatic rings. The van der Waals surface area contributed by atoms with Crippen LogP contribution in [0.3, 0.4) is 0 Å². The van der Waals surface area contributed by atoms with Crippen molar-refractivity contribution in [3.63, 3.8) is 0 Å². The molecule has 4 heteroatoms. The number of nitrogens with two attached hydrogens (primary N) is 1. The molecule has 4 nitrogen and oxygen atoms in total. The molecule has 1 fully saturated rings. The van der Waals surface area contributed by atoms with Crippen LogP contribution in [-0.4, -0.2) is 54.5 Å². The molecule has 0 radical (unpaired) electrons. The van der Waals surface area contributed by atoms with Gasteiger partial charge in [-0.15, -0.1) is 0 Å². The lowest BCUT2D eigenvalue weighted by atomic mass is 10.0. The van der Waals surface area contributed by atoms with E-state index in [2.05, 4.69) is 11.8 Å². The van der Waals surface area contributed by atoms with Gasteiger partial charge in [-0.1, -0.05) is 20.8 Å². The van der Waals surface area contributed by atoms with Gasteiger partial charge in [0.05, 0.1) is 6.04 Å². The summed E-state index contributed by atoms with van der Waals surface area (Å²) in [6.45, 7) is 11.0. The topological polar surface area (TPSA) is 49.6 Å². The van der Waals surface area contributed by atoms with Crippen molar-refractivity contribution in [1.82, 2.24) is 9.80 Å². The first-order valence-corrected chi connectivity index (χ1v) is 6.33. The molecule has 1 unspecified atom stereocenters. The Labute approximate surface area is 98.8 Å². The number of rotatable bonds is 4. The first-order valence-electron chi connectivity index (χ1n) is 6.33. The van der Waals surface area contributed by atoms with Crippen LogP contribution in [0.15, 0.2) is 0 Å². The van der Waals surface area contributed by atoms with E-state index in [4.69, 9.17) is 5.73 Å². The van der Waals surface area contributed by atoms with E-state index in [0.717, 1.165) is 32.7 Å². The largest absolute Gasteiger partial charge is 0.339 e. The molecule has 1 heterocycles. The molecule has 16 heavy (non-hydrogen) atoms. The number of hydrogen-bond donors (Lipinski definition) is 1. The molecule has 1 amide bonds. The molecule has 0 spiro atoms. The minimum atomic E-state index is -0.335.